The molecule has 38 heavy (non-hydrogen) atoms. The van der Waals surface area contributed by atoms with Crippen LogP contribution in [0.15, 0.2) is 78.9 Å². The average Bonchev–Trinajstić information content (AvgIpc) is 3.36. The first-order valence-corrected chi connectivity index (χ1v) is 16.4. The van der Waals surface area contributed by atoms with Gasteiger partial charge in [-0.05, 0) is 52.4 Å². The van der Waals surface area contributed by atoms with E-state index in [4.69, 9.17) is 9.16 Å². The highest BCUT2D eigenvalue weighted by molar-refractivity contribution is 6.74. The summed E-state index contributed by atoms with van der Waals surface area (Å²) >= 11 is 0. The van der Waals surface area contributed by atoms with Crippen LogP contribution < -0.4 is 5.32 Å². The van der Waals surface area contributed by atoms with Gasteiger partial charge in [-0.1, -0.05) is 99.6 Å². The lowest BCUT2D eigenvalue weighted by atomic mass is 9.79. The molecule has 3 aromatic rings. The van der Waals surface area contributed by atoms with E-state index in [0.717, 1.165) is 16.7 Å². The van der Waals surface area contributed by atoms with Gasteiger partial charge in [-0.2, -0.15) is 0 Å². The van der Waals surface area contributed by atoms with Crippen molar-refractivity contribution < 1.29 is 19.1 Å². The first kappa shape index (κ1) is 26.8. The van der Waals surface area contributed by atoms with Gasteiger partial charge >= 0.3 is 5.97 Å². The summed E-state index contributed by atoms with van der Waals surface area (Å²) in [6, 6.07) is 26.8. The van der Waals surface area contributed by atoms with Crippen molar-refractivity contribution >= 4 is 14.3 Å². The Labute approximate surface area is 227 Å². The molecule has 5 rings (SSSR count). The van der Waals surface area contributed by atoms with E-state index in [2.05, 4.69) is 99.8 Å². The minimum atomic E-state index is -2.22. The Morgan fingerprint density at radius 3 is 1.97 bits per heavy atom. The minimum absolute atomic E-state index is 0.0183. The Morgan fingerprint density at radius 1 is 0.921 bits per heavy atom. The second kappa shape index (κ2) is 9.76. The number of carbonyl (C=O) groups is 1. The summed E-state index contributed by atoms with van der Waals surface area (Å²) in [5.41, 5.74) is 4.95. The molecular weight excluding hydrogens is 490 g/mol. The molecule has 2 N–H and O–H groups in total. The number of benzene rings is 3. The maximum absolute atomic E-state index is 12.8. The predicted octanol–water partition coefficient (Wildman–Crippen LogP) is 5.86. The van der Waals surface area contributed by atoms with Crippen molar-refractivity contribution in [2.24, 2.45) is 5.92 Å². The van der Waals surface area contributed by atoms with Gasteiger partial charge in [-0.3, -0.25) is 10.1 Å². The Balaban J connectivity index is 1.68. The van der Waals surface area contributed by atoms with Crippen LogP contribution in [0.4, 0.5) is 0 Å². The monoisotopic (exact) mass is 529 g/mol. The van der Waals surface area contributed by atoms with Crippen molar-refractivity contribution in [2.45, 2.75) is 69.1 Å². The van der Waals surface area contributed by atoms with E-state index >= 15 is 0 Å². The SMILES string of the molecule is COC(=O)[C@@H]1C[C@H](O[Si](C)(C)C(C)(C)C)[C@H](NC2(c3ccccc3)c3ccccc3-c3ccccc32)[C@@H]1O. The Bertz CT molecular complexity index is 1270. The van der Waals surface area contributed by atoms with E-state index in [1.165, 1.54) is 18.2 Å². The number of hydrogen-bond donors (Lipinski definition) is 2. The van der Waals surface area contributed by atoms with E-state index in [9.17, 15) is 9.90 Å². The molecule has 4 atom stereocenters. The smallest absolute Gasteiger partial charge is 0.311 e. The quantitative estimate of drug-likeness (QED) is 0.309. The number of aliphatic hydroxyl groups is 1. The topological polar surface area (TPSA) is 67.8 Å². The molecule has 0 aliphatic heterocycles. The molecule has 0 spiro atoms. The summed E-state index contributed by atoms with van der Waals surface area (Å²) < 4.78 is 12.1. The molecule has 0 heterocycles. The number of ether oxygens (including phenoxy) is 1. The van der Waals surface area contributed by atoms with Crippen LogP contribution in [0.5, 0.6) is 0 Å². The van der Waals surface area contributed by atoms with E-state index in [0.29, 0.717) is 6.42 Å². The van der Waals surface area contributed by atoms with Crippen LogP contribution >= 0.6 is 0 Å². The van der Waals surface area contributed by atoms with Crippen LogP contribution in [0.25, 0.3) is 11.1 Å². The fourth-order valence-corrected chi connectivity index (χ4v) is 7.32. The molecule has 6 heteroatoms. The molecule has 0 unspecified atom stereocenters. The Morgan fingerprint density at radius 2 is 1.45 bits per heavy atom. The van der Waals surface area contributed by atoms with E-state index in [1.807, 2.05) is 18.2 Å². The third-order valence-corrected chi connectivity index (χ3v) is 13.5. The summed E-state index contributed by atoms with van der Waals surface area (Å²) in [4.78, 5) is 12.8. The van der Waals surface area contributed by atoms with Crippen LogP contribution in [0.3, 0.4) is 0 Å². The number of nitrogens with one attached hydrogen (secondary N) is 1. The van der Waals surface area contributed by atoms with Gasteiger partial charge in [-0.15, -0.1) is 0 Å². The van der Waals surface area contributed by atoms with Crippen molar-refractivity contribution in [2.75, 3.05) is 7.11 Å². The van der Waals surface area contributed by atoms with Crippen molar-refractivity contribution in [3.63, 3.8) is 0 Å². The van der Waals surface area contributed by atoms with Crippen LogP contribution in [-0.2, 0) is 19.5 Å². The molecule has 1 saturated carbocycles. The van der Waals surface area contributed by atoms with Gasteiger partial charge in [0.05, 0.1) is 36.8 Å². The molecule has 1 fully saturated rings. The van der Waals surface area contributed by atoms with Crippen LogP contribution in [0, 0.1) is 5.92 Å². The van der Waals surface area contributed by atoms with Crippen molar-refractivity contribution in [3.8, 4) is 11.1 Å². The molecule has 0 radical (unpaired) electrons. The lowest BCUT2D eigenvalue weighted by molar-refractivity contribution is -0.148. The molecule has 200 valence electrons. The number of methoxy groups -OCH3 is 1. The molecule has 5 nitrogen and oxygen atoms in total. The van der Waals surface area contributed by atoms with Crippen molar-refractivity contribution in [1.29, 1.82) is 0 Å². The molecule has 0 bridgehead atoms. The normalized spacial score (nSPS) is 24.1. The van der Waals surface area contributed by atoms with Gasteiger partial charge in [0.15, 0.2) is 8.32 Å². The molecule has 0 amide bonds. The number of aliphatic hydroxyl groups excluding tert-OH is 1. The molecule has 2 aliphatic carbocycles. The number of hydrogen-bond acceptors (Lipinski definition) is 5. The van der Waals surface area contributed by atoms with E-state index in [1.54, 1.807) is 0 Å². The summed E-state index contributed by atoms with van der Waals surface area (Å²) in [6.45, 7) is 11.1. The standard InChI is InChI=1S/C32H39NO4Si/c1-31(2,3)38(5,6)37-27-20-24(30(35)36-4)29(34)28(27)33-32(21-14-8-7-9-15-21)25-18-12-10-16-22(25)23-17-11-13-19-26(23)32/h7-19,24,27-29,33-34H,20H2,1-6H3/t24-,27+,28+,29-/m1/s1. The largest absolute Gasteiger partial charge is 0.469 e. The van der Waals surface area contributed by atoms with Gasteiger partial charge in [0.1, 0.15) is 0 Å². The van der Waals surface area contributed by atoms with Crippen molar-refractivity contribution in [3.05, 3.63) is 95.6 Å². The maximum atomic E-state index is 12.8. The van der Waals surface area contributed by atoms with E-state index < -0.39 is 37.9 Å². The first-order valence-electron chi connectivity index (χ1n) is 13.5. The zero-order chi connectivity index (χ0) is 27.3. The molecule has 0 aromatic heterocycles. The second-order valence-electron chi connectivity index (χ2n) is 12.1. The zero-order valence-corrected chi connectivity index (χ0v) is 24.2. The van der Waals surface area contributed by atoms with Crippen LogP contribution in [0.2, 0.25) is 18.1 Å². The zero-order valence-electron chi connectivity index (χ0n) is 23.2. The average molecular weight is 530 g/mol. The summed E-state index contributed by atoms with van der Waals surface area (Å²) in [6.07, 6.45) is -0.903. The fraction of sp³-hybridized carbons (Fsp3) is 0.406. The van der Waals surface area contributed by atoms with Crippen LogP contribution in [0.1, 0.15) is 43.9 Å². The lowest BCUT2D eigenvalue weighted by Gasteiger charge is -2.43. The fourth-order valence-electron chi connectivity index (χ4n) is 5.97. The Kier molecular flexibility index (Phi) is 6.89. The number of rotatable bonds is 6. The summed E-state index contributed by atoms with van der Waals surface area (Å²) in [5.74, 6) is -1.06. The highest BCUT2D eigenvalue weighted by Gasteiger charge is 2.55. The maximum Gasteiger partial charge on any atom is 0.311 e. The van der Waals surface area contributed by atoms with Gasteiger partial charge in [0.25, 0.3) is 0 Å². The minimum Gasteiger partial charge on any atom is -0.469 e. The number of esters is 1. The van der Waals surface area contributed by atoms with Gasteiger partial charge in [-0.25, -0.2) is 0 Å². The lowest BCUT2D eigenvalue weighted by Crippen LogP contribution is -2.58. The van der Waals surface area contributed by atoms with Crippen LogP contribution in [-0.4, -0.2) is 44.8 Å². The van der Waals surface area contributed by atoms with Gasteiger partial charge < -0.3 is 14.3 Å². The summed E-state index contributed by atoms with van der Waals surface area (Å²) in [7, 11) is -0.839. The molecular formula is C32H39NO4Si. The summed E-state index contributed by atoms with van der Waals surface area (Å²) in [5, 5.41) is 15.6. The highest BCUT2D eigenvalue weighted by Crippen LogP contribution is 2.52. The predicted molar refractivity (Wildman–Crippen MR) is 153 cm³/mol. The third-order valence-electron chi connectivity index (χ3n) is 8.97. The Hall–Kier alpha value is -2.77. The molecule has 2 aliphatic rings. The number of carbonyl (C=O) groups excluding carboxylic acids is 1. The van der Waals surface area contributed by atoms with E-state index in [-0.39, 0.29) is 11.1 Å². The third kappa shape index (κ3) is 4.24. The highest BCUT2D eigenvalue weighted by atomic mass is 28.4. The number of fused-ring (bicyclic) bond motifs is 3. The molecule has 0 saturated heterocycles. The second-order valence-corrected chi connectivity index (χ2v) is 16.9. The van der Waals surface area contributed by atoms with Gasteiger partial charge in [0, 0.05) is 0 Å². The molecule has 3 aromatic carbocycles. The first-order chi connectivity index (χ1) is 18.0. The van der Waals surface area contributed by atoms with Crippen molar-refractivity contribution in [1.82, 2.24) is 5.32 Å². The van der Waals surface area contributed by atoms with Gasteiger partial charge in [0.2, 0.25) is 0 Å².